The first-order valence-corrected chi connectivity index (χ1v) is 2.95. The number of carbonyl (C=O) groups excluding carboxylic acids is 1. The van der Waals surface area contributed by atoms with E-state index in [2.05, 4.69) is 10.9 Å². The summed E-state index contributed by atoms with van der Waals surface area (Å²) in [7, 11) is 3.53. The third-order valence-electron chi connectivity index (χ3n) is 0.920. The molecule has 1 amide bonds. The van der Waals surface area contributed by atoms with Gasteiger partial charge < -0.3 is 0 Å². The van der Waals surface area contributed by atoms with Gasteiger partial charge in [0.2, 0.25) is 5.91 Å². The van der Waals surface area contributed by atoms with Gasteiger partial charge in [-0.15, -0.1) is 0 Å². The lowest BCUT2D eigenvalue weighted by molar-refractivity contribution is -0.124. The van der Waals surface area contributed by atoms with Gasteiger partial charge in [-0.2, -0.15) is 0 Å². The summed E-state index contributed by atoms with van der Waals surface area (Å²) in [6.07, 6.45) is 0. The normalized spacial score (nSPS) is 11.0. The van der Waals surface area contributed by atoms with Crippen molar-refractivity contribution < 1.29 is 4.79 Å². The van der Waals surface area contributed by atoms with Crippen LogP contribution in [0.15, 0.2) is 0 Å². The first kappa shape index (κ1) is 8.49. The Morgan fingerprint density at radius 1 is 1.56 bits per heavy atom. The average Bonchev–Trinajstić information content (AvgIpc) is 1.64. The number of carbonyl (C=O) groups is 1. The summed E-state index contributed by atoms with van der Waals surface area (Å²) < 4.78 is 0. The van der Waals surface area contributed by atoms with Crippen LogP contribution in [0.25, 0.3) is 0 Å². The first-order chi connectivity index (χ1) is 3.98. The molecule has 0 aromatic rings. The molecule has 0 fully saturated rings. The molecule has 0 aromatic heterocycles. The predicted octanol–water partition coefficient (Wildman–Crippen LogP) is -0.931. The van der Waals surface area contributed by atoms with E-state index in [-0.39, 0.29) is 11.2 Å². The zero-order valence-electron chi connectivity index (χ0n) is 6.41. The van der Waals surface area contributed by atoms with E-state index in [9.17, 15) is 4.79 Å². The van der Waals surface area contributed by atoms with Crippen LogP contribution in [0.5, 0.6) is 0 Å². The van der Waals surface area contributed by atoms with Gasteiger partial charge in [-0.1, -0.05) is 13.8 Å². The van der Waals surface area contributed by atoms with Crippen LogP contribution in [0.2, 0.25) is 5.31 Å². The molecule has 0 aliphatic carbocycles. The summed E-state index contributed by atoms with van der Waals surface area (Å²) in [6.45, 7) is 3.72. The number of hydrogen-bond acceptors (Lipinski definition) is 2. The molecular weight excluding hydrogens is 115 g/mol. The molecule has 2 N–H and O–H groups in total. The van der Waals surface area contributed by atoms with E-state index in [1.807, 2.05) is 21.7 Å². The Balaban J connectivity index is 3.74. The molecule has 0 saturated heterocycles. The fourth-order valence-corrected chi connectivity index (χ4v) is 0.301. The summed E-state index contributed by atoms with van der Waals surface area (Å²) in [5.74, 6) is 0.00463. The van der Waals surface area contributed by atoms with Crippen molar-refractivity contribution in [1.82, 2.24) is 10.9 Å². The van der Waals surface area contributed by atoms with E-state index in [1.165, 1.54) is 0 Å². The lowest BCUT2D eigenvalue weighted by Gasteiger charge is -2.16. The maximum absolute atomic E-state index is 10.9. The maximum atomic E-state index is 10.9. The summed E-state index contributed by atoms with van der Waals surface area (Å²) in [5.41, 5.74) is 5.07. The van der Waals surface area contributed by atoms with Crippen LogP contribution >= 0.6 is 0 Å². The molecule has 0 aromatic carbocycles. The molecule has 0 aliphatic rings. The molecule has 52 valence electrons. The van der Waals surface area contributed by atoms with Crippen molar-refractivity contribution in [1.29, 1.82) is 0 Å². The Bertz CT molecular complexity index is 108. The van der Waals surface area contributed by atoms with Gasteiger partial charge in [0.15, 0.2) is 0 Å². The molecule has 0 atom stereocenters. The molecule has 4 heteroatoms. The quantitative estimate of drug-likeness (QED) is 0.372. The minimum atomic E-state index is -0.303. The van der Waals surface area contributed by atoms with Crippen LogP contribution in [0, 0.1) is 0 Å². The van der Waals surface area contributed by atoms with Gasteiger partial charge in [-0.05, 0) is 0 Å². The van der Waals surface area contributed by atoms with Crippen LogP contribution in [-0.4, -0.2) is 20.8 Å². The monoisotopic (exact) mass is 128 g/mol. The minimum absolute atomic E-state index is 0.00463. The molecule has 0 radical (unpaired) electrons. The van der Waals surface area contributed by atoms with E-state index in [0.29, 0.717) is 0 Å². The van der Waals surface area contributed by atoms with Crippen molar-refractivity contribution >= 4 is 13.8 Å². The van der Waals surface area contributed by atoms with E-state index in [4.69, 9.17) is 0 Å². The van der Waals surface area contributed by atoms with E-state index in [0.717, 1.165) is 0 Å². The maximum Gasteiger partial charge on any atom is 0.231 e. The molecule has 0 saturated carbocycles. The van der Waals surface area contributed by atoms with Gasteiger partial charge in [0.25, 0.3) is 0 Å². The summed E-state index contributed by atoms with van der Waals surface area (Å²) >= 11 is 0. The molecule has 0 heterocycles. The number of amides is 1. The van der Waals surface area contributed by atoms with E-state index < -0.39 is 0 Å². The van der Waals surface area contributed by atoms with Crippen LogP contribution < -0.4 is 10.9 Å². The van der Waals surface area contributed by atoms with Crippen molar-refractivity contribution in [3.63, 3.8) is 0 Å². The molecule has 0 unspecified atom stereocenters. The first-order valence-electron chi connectivity index (χ1n) is 2.95. The zero-order chi connectivity index (χ0) is 7.49. The van der Waals surface area contributed by atoms with Crippen LogP contribution in [-0.2, 0) is 4.79 Å². The number of hydrazine groups is 1. The number of nitrogens with one attached hydrogen (secondary N) is 2. The van der Waals surface area contributed by atoms with Gasteiger partial charge in [0, 0.05) is 12.4 Å². The fraction of sp³-hybridized carbons (Fsp3) is 0.800. The van der Waals surface area contributed by atoms with E-state index in [1.54, 1.807) is 7.05 Å². The zero-order valence-corrected chi connectivity index (χ0v) is 6.41. The molecule has 0 spiro atoms. The van der Waals surface area contributed by atoms with Crippen molar-refractivity contribution in [2.24, 2.45) is 0 Å². The lowest BCUT2D eigenvalue weighted by atomic mass is 9.72. The second-order valence-corrected chi connectivity index (χ2v) is 2.95. The SMILES string of the molecule is BC(C)(C)C(=O)NNC. The molecule has 0 bridgehead atoms. The fourth-order valence-electron chi connectivity index (χ4n) is 0.301. The van der Waals surface area contributed by atoms with Gasteiger partial charge in [0.05, 0.1) is 0 Å². The smallest absolute Gasteiger partial charge is 0.231 e. The van der Waals surface area contributed by atoms with Gasteiger partial charge in [-0.3, -0.25) is 10.2 Å². The Morgan fingerprint density at radius 3 is 2.11 bits per heavy atom. The summed E-state index contributed by atoms with van der Waals surface area (Å²) in [4.78, 5) is 10.9. The Hall–Kier alpha value is -0.505. The molecule has 3 nitrogen and oxygen atoms in total. The largest absolute Gasteiger partial charge is 0.292 e. The summed E-state index contributed by atoms with van der Waals surface area (Å²) in [6, 6.07) is 0. The Kier molecular flexibility index (Phi) is 2.71. The average molecular weight is 128 g/mol. The highest BCUT2D eigenvalue weighted by molar-refractivity contribution is 6.27. The highest BCUT2D eigenvalue weighted by Crippen LogP contribution is 2.16. The molecule has 9 heavy (non-hydrogen) atoms. The van der Waals surface area contributed by atoms with Crippen LogP contribution in [0.3, 0.4) is 0 Å². The third kappa shape index (κ3) is 3.14. The minimum Gasteiger partial charge on any atom is -0.292 e. The van der Waals surface area contributed by atoms with Crippen molar-refractivity contribution in [2.75, 3.05) is 7.05 Å². The lowest BCUT2D eigenvalue weighted by Crippen LogP contribution is -2.40. The van der Waals surface area contributed by atoms with Gasteiger partial charge >= 0.3 is 0 Å². The van der Waals surface area contributed by atoms with Gasteiger partial charge in [-0.25, -0.2) is 5.43 Å². The van der Waals surface area contributed by atoms with Crippen LogP contribution in [0.4, 0.5) is 0 Å². The van der Waals surface area contributed by atoms with Crippen LogP contribution in [0.1, 0.15) is 13.8 Å². The molecule has 0 aliphatic heterocycles. The predicted molar refractivity (Wildman–Crippen MR) is 39.8 cm³/mol. The number of rotatable bonds is 2. The Morgan fingerprint density at radius 2 is 2.00 bits per heavy atom. The topological polar surface area (TPSA) is 41.1 Å². The van der Waals surface area contributed by atoms with Crippen molar-refractivity contribution in [2.45, 2.75) is 19.2 Å². The number of hydrogen-bond donors (Lipinski definition) is 2. The second-order valence-electron chi connectivity index (χ2n) is 2.95. The van der Waals surface area contributed by atoms with E-state index >= 15 is 0 Å². The second kappa shape index (κ2) is 2.87. The summed E-state index contributed by atoms with van der Waals surface area (Å²) in [5, 5.41) is -0.303. The molecule has 0 rings (SSSR count). The van der Waals surface area contributed by atoms with Crippen molar-refractivity contribution in [3.05, 3.63) is 0 Å². The van der Waals surface area contributed by atoms with Crippen molar-refractivity contribution in [3.8, 4) is 0 Å². The highest BCUT2D eigenvalue weighted by Gasteiger charge is 2.19. The Labute approximate surface area is 56.6 Å². The third-order valence-corrected chi connectivity index (χ3v) is 0.920. The standard InChI is InChI=1S/C5H13BN2O/c1-5(2,6)4(9)8-7-3/h7H,6H2,1-3H3,(H,8,9). The van der Waals surface area contributed by atoms with Gasteiger partial charge in [0.1, 0.15) is 7.85 Å². The highest BCUT2D eigenvalue weighted by atomic mass is 16.2. The molecular formula is C5H13BN2O.